The lowest BCUT2D eigenvalue weighted by molar-refractivity contribution is -0.576. The molecule has 0 saturated heterocycles. The van der Waals surface area contributed by atoms with Crippen LogP contribution < -0.4 is 10.0 Å². The Hall–Kier alpha value is -2.10. The summed E-state index contributed by atoms with van der Waals surface area (Å²) >= 11 is 0. The van der Waals surface area contributed by atoms with Crippen molar-refractivity contribution in [2.24, 2.45) is 0 Å². The number of hydrogen-bond donors (Lipinski definition) is 1. The van der Waals surface area contributed by atoms with Crippen molar-refractivity contribution < 1.29 is 9.52 Å². The zero-order valence-corrected chi connectivity index (χ0v) is 8.23. The highest BCUT2D eigenvalue weighted by Crippen LogP contribution is 2.19. The second kappa shape index (κ2) is 3.57. The lowest BCUT2D eigenvalue weighted by Crippen LogP contribution is -2.27. The minimum atomic E-state index is -0.189. The van der Waals surface area contributed by atoms with Crippen molar-refractivity contribution in [1.82, 2.24) is 0 Å². The number of hydrogen-bond acceptors (Lipinski definition) is 2. The summed E-state index contributed by atoms with van der Waals surface area (Å²) in [5.41, 5.74) is 1.02. The largest absolute Gasteiger partial charge is 0.618 e. The first-order valence-electron chi connectivity index (χ1n) is 4.57. The molecule has 4 heteroatoms. The van der Waals surface area contributed by atoms with E-state index in [1.165, 1.54) is 13.1 Å². The summed E-state index contributed by atoms with van der Waals surface area (Å²) in [6, 6.07) is 8.84. The van der Waals surface area contributed by atoms with Crippen LogP contribution in [0.2, 0.25) is 0 Å². The third-order valence-corrected chi connectivity index (χ3v) is 2.10. The summed E-state index contributed by atoms with van der Waals surface area (Å²) in [5.74, 6) is -0.189. The van der Waals surface area contributed by atoms with Crippen LogP contribution in [-0.4, -0.2) is 5.91 Å². The number of aromatic nitrogens is 1. The van der Waals surface area contributed by atoms with Crippen molar-refractivity contribution in [3.63, 3.8) is 0 Å². The fraction of sp³-hybridized carbons (Fsp3) is 0.0909. The first-order valence-corrected chi connectivity index (χ1v) is 4.57. The van der Waals surface area contributed by atoms with Gasteiger partial charge in [-0.2, -0.15) is 4.73 Å². The van der Waals surface area contributed by atoms with Gasteiger partial charge in [0.15, 0.2) is 6.20 Å². The normalized spacial score (nSPS) is 10.2. The molecule has 0 radical (unpaired) electrons. The van der Waals surface area contributed by atoms with Gasteiger partial charge in [-0.25, -0.2) is 0 Å². The topological polar surface area (TPSA) is 56.0 Å². The number of para-hydroxylation sites is 1. The fourth-order valence-electron chi connectivity index (χ4n) is 1.53. The molecule has 0 bridgehead atoms. The molecule has 1 heterocycles. The molecule has 0 aliphatic carbocycles. The smallest absolute Gasteiger partial charge is 0.247 e. The molecule has 1 amide bonds. The van der Waals surface area contributed by atoms with E-state index in [1.54, 1.807) is 18.2 Å². The van der Waals surface area contributed by atoms with E-state index in [0.717, 1.165) is 10.1 Å². The number of benzene rings is 1. The molecule has 0 unspecified atom stereocenters. The number of pyridine rings is 1. The molecule has 1 aromatic carbocycles. The molecule has 0 saturated carbocycles. The van der Waals surface area contributed by atoms with E-state index in [2.05, 4.69) is 5.32 Å². The Labute approximate surface area is 86.7 Å². The quantitative estimate of drug-likeness (QED) is 0.561. The maximum atomic E-state index is 11.5. The Morgan fingerprint density at radius 3 is 2.80 bits per heavy atom. The molecule has 1 N–H and O–H groups in total. The average molecular weight is 202 g/mol. The highest BCUT2D eigenvalue weighted by Gasteiger charge is 2.09. The molecule has 0 atom stereocenters. The molecule has 0 fully saturated rings. The van der Waals surface area contributed by atoms with Gasteiger partial charge in [-0.15, -0.1) is 0 Å². The maximum Gasteiger partial charge on any atom is 0.247 e. The molecule has 0 aliphatic rings. The van der Waals surface area contributed by atoms with E-state index in [9.17, 15) is 10.0 Å². The minimum absolute atomic E-state index is 0.189. The number of rotatable bonds is 1. The van der Waals surface area contributed by atoms with Crippen molar-refractivity contribution in [2.75, 3.05) is 5.32 Å². The van der Waals surface area contributed by atoms with E-state index in [4.69, 9.17) is 0 Å². The SMILES string of the molecule is CC(=O)Nc1cccc2ccc[n+]([O-])c12. The van der Waals surface area contributed by atoms with Gasteiger partial charge >= 0.3 is 0 Å². The number of amides is 1. The van der Waals surface area contributed by atoms with Gasteiger partial charge in [0, 0.05) is 18.4 Å². The predicted molar refractivity (Wildman–Crippen MR) is 57.2 cm³/mol. The van der Waals surface area contributed by atoms with Gasteiger partial charge in [0.2, 0.25) is 11.4 Å². The summed E-state index contributed by atoms with van der Waals surface area (Å²) < 4.78 is 0.751. The van der Waals surface area contributed by atoms with Crippen molar-refractivity contribution in [3.8, 4) is 0 Å². The summed E-state index contributed by atoms with van der Waals surface area (Å²) in [4.78, 5) is 10.9. The second-order valence-corrected chi connectivity index (χ2v) is 3.26. The summed E-state index contributed by atoms with van der Waals surface area (Å²) in [7, 11) is 0. The number of anilines is 1. The Balaban J connectivity index is 2.68. The first-order chi connectivity index (χ1) is 7.18. The molecule has 2 rings (SSSR count). The molecule has 1 aromatic heterocycles. The van der Waals surface area contributed by atoms with Crippen LogP contribution in [0.15, 0.2) is 36.5 Å². The van der Waals surface area contributed by atoms with Crippen molar-refractivity contribution in [3.05, 3.63) is 41.7 Å². The standard InChI is InChI=1S/C11H10N2O2/c1-8(14)12-10-6-2-4-9-5-3-7-13(15)11(9)10/h2-7H,1H3,(H,12,14). The van der Waals surface area contributed by atoms with E-state index in [1.807, 2.05) is 12.1 Å². The van der Waals surface area contributed by atoms with Crippen LogP contribution in [0.3, 0.4) is 0 Å². The van der Waals surface area contributed by atoms with Crippen molar-refractivity contribution in [1.29, 1.82) is 0 Å². The van der Waals surface area contributed by atoms with E-state index >= 15 is 0 Å². The predicted octanol–water partition coefficient (Wildman–Crippen LogP) is 1.43. The zero-order valence-electron chi connectivity index (χ0n) is 8.23. The lowest BCUT2D eigenvalue weighted by atomic mass is 10.2. The van der Waals surface area contributed by atoms with Gasteiger partial charge in [-0.05, 0) is 18.2 Å². The van der Waals surface area contributed by atoms with Crippen LogP contribution in [0.1, 0.15) is 6.92 Å². The van der Waals surface area contributed by atoms with Gasteiger partial charge in [-0.1, -0.05) is 6.07 Å². The molecule has 15 heavy (non-hydrogen) atoms. The van der Waals surface area contributed by atoms with E-state index in [-0.39, 0.29) is 5.91 Å². The number of nitrogens with zero attached hydrogens (tertiary/aromatic N) is 1. The van der Waals surface area contributed by atoms with Crippen LogP contribution in [0.4, 0.5) is 5.69 Å². The van der Waals surface area contributed by atoms with Crippen molar-refractivity contribution >= 4 is 22.5 Å². The highest BCUT2D eigenvalue weighted by atomic mass is 16.5. The Bertz CT molecular complexity index is 518. The third-order valence-electron chi connectivity index (χ3n) is 2.10. The van der Waals surface area contributed by atoms with Crippen LogP contribution in [0, 0.1) is 5.21 Å². The number of nitrogens with one attached hydrogen (secondary N) is 1. The van der Waals surface area contributed by atoms with Gasteiger partial charge in [0.05, 0.1) is 0 Å². The Morgan fingerprint density at radius 1 is 1.33 bits per heavy atom. The zero-order chi connectivity index (χ0) is 10.8. The van der Waals surface area contributed by atoms with Crippen molar-refractivity contribution in [2.45, 2.75) is 6.92 Å². The van der Waals surface area contributed by atoms with Crippen LogP contribution >= 0.6 is 0 Å². The third kappa shape index (κ3) is 1.74. The molecule has 2 aromatic rings. The van der Waals surface area contributed by atoms with Gasteiger partial charge < -0.3 is 10.5 Å². The number of fused-ring (bicyclic) bond motifs is 1. The van der Waals surface area contributed by atoms with Gasteiger partial charge in [-0.3, -0.25) is 4.79 Å². The molecular weight excluding hydrogens is 192 g/mol. The molecule has 0 aliphatic heterocycles. The molecule has 0 spiro atoms. The second-order valence-electron chi connectivity index (χ2n) is 3.26. The fourth-order valence-corrected chi connectivity index (χ4v) is 1.53. The summed E-state index contributed by atoms with van der Waals surface area (Å²) in [6.45, 7) is 1.41. The Morgan fingerprint density at radius 2 is 2.07 bits per heavy atom. The maximum absolute atomic E-state index is 11.5. The van der Waals surface area contributed by atoms with E-state index in [0.29, 0.717) is 11.2 Å². The molecular formula is C11H10N2O2. The first kappa shape index (κ1) is 9.45. The molecule has 4 nitrogen and oxygen atoms in total. The van der Waals surface area contributed by atoms with Crippen LogP contribution in [0.25, 0.3) is 10.9 Å². The van der Waals surface area contributed by atoms with E-state index < -0.39 is 0 Å². The van der Waals surface area contributed by atoms with Crippen LogP contribution in [-0.2, 0) is 4.79 Å². The number of carbonyl (C=O) groups is 1. The highest BCUT2D eigenvalue weighted by molar-refractivity contribution is 5.97. The average Bonchev–Trinajstić information content (AvgIpc) is 2.17. The summed E-state index contributed by atoms with van der Waals surface area (Å²) in [5, 5.41) is 15.0. The molecule has 76 valence electrons. The monoisotopic (exact) mass is 202 g/mol. The van der Waals surface area contributed by atoms with Gasteiger partial charge in [0.1, 0.15) is 5.69 Å². The Kier molecular flexibility index (Phi) is 2.25. The van der Waals surface area contributed by atoms with Gasteiger partial charge in [0.25, 0.3) is 0 Å². The van der Waals surface area contributed by atoms with Crippen LogP contribution in [0.5, 0.6) is 0 Å². The lowest BCUT2D eigenvalue weighted by Gasteiger charge is -2.06. The number of carbonyl (C=O) groups excluding carboxylic acids is 1. The minimum Gasteiger partial charge on any atom is -0.618 e. The summed E-state index contributed by atoms with van der Waals surface area (Å²) in [6.07, 6.45) is 1.41.